The second-order valence-corrected chi connectivity index (χ2v) is 5.87. The van der Waals surface area contributed by atoms with Crippen molar-refractivity contribution in [2.75, 3.05) is 6.61 Å². The standard InChI is InChI=1S/C17H21ClN2O/c1-4-8-21-15-7-5-6-13(10-15)17-19-14(9-12(2)3)11-16(18)20-17/h5-7,10-12H,4,8-9H2,1-3H3. The molecule has 0 N–H and O–H groups in total. The predicted octanol–water partition coefficient (Wildman–Crippen LogP) is 4.78. The molecule has 0 radical (unpaired) electrons. The fraction of sp³-hybridized carbons (Fsp3) is 0.412. The normalized spacial score (nSPS) is 10.9. The first-order valence-electron chi connectivity index (χ1n) is 7.35. The summed E-state index contributed by atoms with van der Waals surface area (Å²) in [5, 5.41) is 0.482. The molecule has 0 aliphatic rings. The minimum atomic E-state index is 0.482. The minimum Gasteiger partial charge on any atom is -0.494 e. The molecule has 3 nitrogen and oxygen atoms in total. The number of rotatable bonds is 6. The van der Waals surface area contributed by atoms with Crippen LogP contribution in [0.15, 0.2) is 30.3 Å². The van der Waals surface area contributed by atoms with Gasteiger partial charge in [0.05, 0.1) is 6.61 Å². The molecular weight excluding hydrogens is 284 g/mol. The van der Waals surface area contributed by atoms with Crippen LogP contribution < -0.4 is 4.74 Å². The summed E-state index contributed by atoms with van der Waals surface area (Å²) in [5.74, 6) is 2.02. The zero-order chi connectivity index (χ0) is 15.2. The van der Waals surface area contributed by atoms with Crippen molar-refractivity contribution in [3.05, 3.63) is 41.2 Å². The summed E-state index contributed by atoms with van der Waals surface area (Å²) in [7, 11) is 0. The highest BCUT2D eigenvalue weighted by molar-refractivity contribution is 6.29. The Morgan fingerprint density at radius 3 is 2.71 bits per heavy atom. The third-order valence-corrected chi connectivity index (χ3v) is 3.12. The third kappa shape index (κ3) is 4.71. The first-order chi connectivity index (χ1) is 10.1. The van der Waals surface area contributed by atoms with Gasteiger partial charge in [0.25, 0.3) is 0 Å². The molecule has 2 aromatic rings. The maximum atomic E-state index is 6.12. The van der Waals surface area contributed by atoms with E-state index in [9.17, 15) is 0 Å². The summed E-state index contributed by atoms with van der Waals surface area (Å²) in [5.41, 5.74) is 1.90. The van der Waals surface area contributed by atoms with E-state index in [1.54, 1.807) is 0 Å². The van der Waals surface area contributed by atoms with Crippen LogP contribution in [0, 0.1) is 5.92 Å². The summed E-state index contributed by atoms with van der Waals surface area (Å²) in [4.78, 5) is 8.95. The quantitative estimate of drug-likeness (QED) is 0.720. The Kier molecular flexibility index (Phi) is 5.57. The SMILES string of the molecule is CCCOc1cccc(-c2nc(Cl)cc(CC(C)C)n2)c1. The lowest BCUT2D eigenvalue weighted by molar-refractivity contribution is 0.317. The number of ether oxygens (including phenoxy) is 1. The van der Waals surface area contributed by atoms with Crippen LogP contribution >= 0.6 is 11.6 Å². The fourth-order valence-electron chi connectivity index (χ4n) is 2.06. The van der Waals surface area contributed by atoms with Crippen LogP contribution in [0.3, 0.4) is 0 Å². The molecule has 0 saturated carbocycles. The molecule has 1 aromatic carbocycles. The summed E-state index contributed by atoms with van der Waals surface area (Å²) in [6.45, 7) is 7.12. The van der Waals surface area contributed by atoms with Gasteiger partial charge in [-0.3, -0.25) is 0 Å². The lowest BCUT2D eigenvalue weighted by atomic mass is 10.1. The zero-order valence-electron chi connectivity index (χ0n) is 12.8. The van der Waals surface area contributed by atoms with Crippen molar-refractivity contribution in [3.63, 3.8) is 0 Å². The molecule has 0 saturated heterocycles. The van der Waals surface area contributed by atoms with Gasteiger partial charge in [0.2, 0.25) is 0 Å². The number of halogens is 1. The summed E-state index contributed by atoms with van der Waals surface area (Å²) >= 11 is 6.12. The largest absolute Gasteiger partial charge is 0.494 e. The van der Waals surface area contributed by atoms with Gasteiger partial charge in [-0.05, 0) is 37.0 Å². The maximum absolute atomic E-state index is 6.12. The molecule has 0 unspecified atom stereocenters. The summed E-state index contributed by atoms with van der Waals surface area (Å²) in [6.07, 6.45) is 1.87. The first kappa shape index (κ1) is 15.8. The Labute approximate surface area is 131 Å². The van der Waals surface area contributed by atoms with E-state index >= 15 is 0 Å². The fourth-order valence-corrected chi connectivity index (χ4v) is 2.27. The molecular formula is C17H21ClN2O. The highest BCUT2D eigenvalue weighted by atomic mass is 35.5. The molecule has 0 fully saturated rings. The highest BCUT2D eigenvalue weighted by Crippen LogP contribution is 2.23. The number of aromatic nitrogens is 2. The van der Waals surface area contributed by atoms with Crippen LogP contribution in [-0.4, -0.2) is 16.6 Å². The Morgan fingerprint density at radius 1 is 1.19 bits per heavy atom. The molecule has 0 amide bonds. The van der Waals surface area contributed by atoms with Gasteiger partial charge in [0.1, 0.15) is 10.9 Å². The van der Waals surface area contributed by atoms with Gasteiger partial charge < -0.3 is 4.74 Å². The van der Waals surface area contributed by atoms with E-state index in [0.717, 1.165) is 29.8 Å². The maximum Gasteiger partial charge on any atom is 0.161 e. The van der Waals surface area contributed by atoms with Crippen molar-refractivity contribution in [2.45, 2.75) is 33.6 Å². The molecule has 0 bridgehead atoms. The second-order valence-electron chi connectivity index (χ2n) is 5.48. The van der Waals surface area contributed by atoms with Crippen LogP contribution in [0.25, 0.3) is 11.4 Å². The number of hydrogen-bond acceptors (Lipinski definition) is 3. The van der Waals surface area contributed by atoms with Crippen molar-refractivity contribution in [2.24, 2.45) is 5.92 Å². The number of benzene rings is 1. The van der Waals surface area contributed by atoms with Gasteiger partial charge in [-0.15, -0.1) is 0 Å². The molecule has 1 aromatic heterocycles. The molecule has 1 heterocycles. The molecule has 21 heavy (non-hydrogen) atoms. The van der Waals surface area contributed by atoms with Gasteiger partial charge in [-0.2, -0.15) is 0 Å². The number of nitrogens with zero attached hydrogens (tertiary/aromatic N) is 2. The molecule has 0 atom stereocenters. The smallest absolute Gasteiger partial charge is 0.161 e. The van der Waals surface area contributed by atoms with Crippen molar-refractivity contribution in [1.29, 1.82) is 0 Å². The lowest BCUT2D eigenvalue weighted by Gasteiger charge is -2.09. The Balaban J connectivity index is 2.30. The van der Waals surface area contributed by atoms with Gasteiger partial charge in [-0.25, -0.2) is 9.97 Å². The lowest BCUT2D eigenvalue weighted by Crippen LogP contribution is -2.01. The second kappa shape index (κ2) is 7.41. The Morgan fingerprint density at radius 2 is 2.00 bits per heavy atom. The minimum absolute atomic E-state index is 0.482. The molecule has 0 aliphatic heterocycles. The molecule has 112 valence electrons. The van der Waals surface area contributed by atoms with Crippen molar-refractivity contribution in [3.8, 4) is 17.1 Å². The monoisotopic (exact) mass is 304 g/mol. The van der Waals surface area contributed by atoms with Crippen molar-refractivity contribution in [1.82, 2.24) is 9.97 Å². The van der Waals surface area contributed by atoms with Gasteiger partial charge in [0.15, 0.2) is 5.82 Å². The highest BCUT2D eigenvalue weighted by Gasteiger charge is 2.08. The van der Waals surface area contributed by atoms with E-state index < -0.39 is 0 Å². The first-order valence-corrected chi connectivity index (χ1v) is 7.73. The van der Waals surface area contributed by atoms with Gasteiger partial charge >= 0.3 is 0 Å². The van der Waals surface area contributed by atoms with Crippen molar-refractivity contribution >= 4 is 11.6 Å². The van der Waals surface area contributed by atoms with E-state index in [-0.39, 0.29) is 0 Å². The van der Waals surface area contributed by atoms with Crippen LogP contribution in [0.4, 0.5) is 0 Å². The van der Waals surface area contributed by atoms with E-state index in [0.29, 0.717) is 23.5 Å². The van der Waals surface area contributed by atoms with E-state index in [1.807, 2.05) is 30.3 Å². The average Bonchev–Trinajstić information content (AvgIpc) is 2.44. The summed E-state index contributed by atoms with van der Waals surface area (Å²) in [6, 6.07) is 9.66. The summed E-state index contributed by atoms with van der Waals surface area (Å²) < 4.78 is 5.65. The van der Waals surface area contributed by atoms with E-state index in [2.05, 4.69) is 30.7 Å². The average molecular weight is 305 g/mol. The van der Waals surface area contributed by atoms with Crippen LogP contribution in [0.1, 0.15) is 32.9 Å². The van der Waals surface area contributed by atoms with Gasteiger partial charge in [0, 0.05) is 11.3 Å². The Hall–Kier alpha value is -1.61. The third-order valence-electron chi connectivity index (χ3n) is 2.93. The number of hydrogen-bond donors (Lipinski definition) is 0. The van der Waals surface area contributed by atoms with Crippen LogP contribution in [0.5, 0.6) is 5.75 Å². The van der Waals surface area contributed by atoms with Gasteiger partial charge in [-0.1, -0.05) is 44.5 Å². The van der Waals surface area contributed by atoms with E-state index in [1.165, 1.54) is 0 Å². The van der Waals surface area contributed by atoms with E-state index in [4.69, 9.17) is 16.3 Å². The Bertz CT molecular complexity index is 599. The van der Waals surface area contributed by atoms with Crippen molar-refractivity contribution < 1.29 is 4.74 Å². The molecule has 2 rings (SSSR count). The van der Waals surface area contributed by atoms with Crippen LogP contribution in [0.2, 0.25) is 5.15 Å². The van der Waals surface area contributed by atoms with Crippen LogP contribution in [-0.2, 0) is 6.42 Å². The zero-order valence-corrected chi connectivity index (χ0v) is 13.5. The molecule has 0 aliphatic carbocycles. The topological polar surface area (TPSA) is 35.0 Å². The predicted molar refractivity (Wildman–Crippen MR) is 86.8 cm³/mol. The molecule has 0 spiro atoms. The molecule has 4 heteroatoms.